The summed E-state index contributed by atoms with van der Waals surface area (Å²) in [6.45, 7) is 4.71. The number of aryl methyl sites for hydroxylation is 1. The Labute approximate surface area is 181 Å². The van der Waals surface area contributed by atoms with Crippen molar-refractivity contribution < 1.29 is 18.0 Å². The number of carbonyl (C=O) groups excluding carboxylic acids is 1. The summed E-state index contributed by atoms with van der Waals surface area (Å²) in [7, 11) is 0. The Kier molecular flexibility index (Phi) is 5.54. The number of nitrogens with one attached hydrogen (secondary N) is 1. The maximum Gasteiger partial charge on any atom is 0.436 e. The standard InChI is InChI=1S/C19H21ClF3N7O/c1-3-28-8-12(6-24-28)9-29-10-14(7-25-29)26-18(31)11(2)30-16(13-4-5-13)15(20)17(27-30)19(21,22)23/h6-8,10-11,13H,3-5,9H2,1-2H3,(H,26,31). The highest BCUT2D eigenvalue weighted by Gasteiger charge is 2.43. The summed E-state index contributed by atoms with van der Waals surface area (Å²) in [6.07, 6.45) is 3.53. The van der Waals surface area contributed by atoms with Gasteiger partial charge >= 0.3 is 6.18 Å². The highest BCUT2D eigenvalue weighted by Crippen LogP contribution is 2.47. The zero-order chi connectivity index (χ0) is 22.3. The van der Waals surface area contributed by atoms with Gasteiger partial charge in [-0.1, -0.05) is 11.6 Å². The molecule has 12 heteroatoms. The van der Waals surface area contributed by atoms with E-state index in [1.165, 1.54) is 13.1 Å². The van der Waals surface area contributed by atoms with Crippen molar-refractivity contribution in [2.24, 2.45) is 0 Å². The van der Waals surface area contributed by atoms with E-state index >= 15 is 0 Å². The molecule has 31 heavy (non-hydrogen) atoms. The molecule has 166 valence electrons. The molecule has 0 radical (unpaired) electrons. The lowest BCUT2D eigenvalue weighted by molar-refractivity contribution is -0.141. The summed E-state index contributed by atoms with van der Waals surface area (Å²) in [5.41, 5.74) is 0.495. The van der Waals surface area contributed by atoms with Gasteiger partial charge in [0, 0.05) is 30.4 Å². The van der Waals surface area contributed by atoms with Crippen molar-refractivity contribution in [1.82, 2.24) is 29.3 Å². The third kappa shape index (κ3) is 4.46. The van der Waals surface area contributed by atoms with Crippen molar-refractivity contribution >= 4 is 23.2 Å². The van der Waals surface area contributed by atoms with Crippen LogP contribution in [-0.4, -0.2) is 35.2 Å². The molecule has 0 aromatic carbocycles. The summed E-state index contributed by atoms with van der Waals surface area (Å²) in [4.78, 5) is 12.7. The molecule has 3 aromatic rings. The maximum atomic E-state index is 13.3. The monoisotopic (exact) mass is 455 g/mol. The van der Waals surface area contributed by atoms with Gasteiger partial charge in [-0.05, 0) is 26.7 Å². The van der Waals surface area contributed by atoms with E-state index in [0.717, 1.165) is 29.6 Å². The molecule has 4 rings (SSSR count). The van der Waals surface area contributed by atoms with Gasteiger partial charge in [-0.25, -0.2) is 0 Å². The van der Waals surface area contributed by atoms with Crippen LogP contribution in [0, 0.1) is 0 Å². The predicted molar refractivity (Wildman–Crippen MR) is 107 cm³/mol. The highest BCUT2D eigenvalue weighted by atomic mass is 35.5. The quantitative estimate of drug-likeness (QED) is 0.581. The molecule has 1 atom stereocenters. The number of rotatable bonds is 7. The molecule has 0 aliphatic heterocycles. The van der Waals surface area contributed by atoms with Crippen LogP contribution in [0.25, 0.3) is 0 Å². The molecule has 3 heterocycles. The van der Waals surface area contributed by atoms with Crippen molar-refractivity contribution in [3.8, 4) is 0 Å². The zero-order valence-electron chi connectivity index (χ0n) is 16.9. The smallest absolute Gasteiger partial charge is 0.322 e. The fourth-order valence-electron chi connectivity index (χ4n) is 3.35. The number of alkyl halides is 3. The van der Waals surface area contributed by atoms with Gasteiger partial charge < -0.3 is 5.32 Å². The van der Waals surface area contributed by atoms with Crippen LogP contribution in [0.3, 0.4) is 0 Å². The molecule has 1 fully saturated rings. The van der Waals surface area contributed by atoms with Crippen molar-refractivity contribution in [3.05, 3.63) is 46.8 Å². The first-order valence-corrected chi connectivity index (χ1v) is 10.2. The van der Waals surface area contributed by atoms with Crippen LogP contribution < -0.4 is 5.32 Å². The predicted octanol–water partition coefficient (Wildman–Crippen LogP) is 4.09. The molecule has 0 spiro atoms. The lowest BCUT2D eigenvalue weighted by atomic mass is 10.2. The van der Waals surface area contributed by atoms with Gasteiger partial charge in [-0.3, -0.25) is 18.8 Å². The second-order valence-corrected chi connectivity index (χ2v) is 7.94. The molecule has 1 aliphatic rings. The van der Waals surface area contributed by atoms with E-state index in [4.69, 9.17) is 11.6 Å². The van der Waals surface area contributed by atoms with E-state index in [2.05, 4.69) is 20.6 Å². The van der Waals surface area contributed by atoms with Crippen molar-refractivity contribution in [2.75, 3.05) is 5.32 Å². The number of halogens is 4. The SMILES string of the molecule is CCn1cc(Cn2cc(NC(=O)C(C)n3nc(C(F)(F)F)c(Cl)c3C3CC3)cn2)cn1. The Morgan fingerprint density at radius 1 is 1.26 bits per heavy atom. The second kappa shape index (κ2) is 8.03. The number of hydrogen-bond acceptors (Lipinski definition) is 4. The molecule has 1 amide bonds. The van der Waals surface area contributed by atoms with Gasteiger partial charge in [-0.15, -0.1) is 0 Å². The molecule has 0 bridgehead atoms. The molecule has 3 aromatic heterocycles. The largest absolute Gasteiger partial charge is 0.436 e. The van der Waals surface area contributed by atoms with Gasteiger partial charge in [-0.2, -0.15) is 28.5 Å². The number of anilines is 1. The minimum absolute atomic E-state index is 0.113. The lowest BCUT2D eigenvalue weighted by Crippen LogP contribution is -2.26. The third-order valence-corrected chi connectivity index (χ3v) is 5.49. The molecule has 8 nitrogen and oxygen atoms in total. The van der Waals surface area contributed by atoms with Crippen molar-refractivity contribution in [3.63, 3.8) is 0 Å². The molecule has 1 saturated carbocycles. The molecule has 1 N–H and O–H groups in total. The summed E-state index contributed by atoms with van der Waals surface area (Å²) < 4.78 is 44.3. The molecule has 0 saturated heterocycles. The van der Waals surface area contributed by atoms with Gasteiger partial charge in [0.1, 0.15) is 6.04 Å². The first-order chi connectivity index (χ1) is 14.7. The summed E-state index contributed by atoms with van der Waals surface area (Å²) >= 11 is 6.00. The van der Waals surface area contributed by atoms with Crippen LogP contribution in [0.4, 0.5) is 18.9 Å². The first-order valence-electron chi connectivity index (χ1n) is 9.87. The Balaban J connectivity index is 1.49. The average molecular weight is 456 g/mol. The van der Waals surface area contributed by atoms with Crippen LogP contribution in [-0.2, 0) is 24.1 Å². The molecular weight excluding hydrogens is 435 g/mol. The number of hydrogen-bond donors (Lipinski definition) is 1. The summed E-state index contributed by atoms with van der Waals surface area (Å²) in [5, 5.41) is 14.3. The van der Waals surface area contributed by atoms with E-state index in [1.807, 2.05) is 13.1 Å². The molecular formula is C19H21ClF3N7O. The average Bonchev–Trinajstić information content (AvgIpc) is 3.10. The van der Waals surface area contributed by atoms with Gasteiger partial charge in [0.15, 0.2) is 5.69 Å². The van der Waals surface area contributed by atoms with Gasteiger partial charge in [0.05, 0.1) is 35.3 Å². The number of aromatic nitrogens is 6. The zero-order valence-corrected chi connectivity index (χ0v) is 17.7. The number of carbonyl (C=O) groups is 1. The third-order valence-electron chi connectivity index (χ3n) is 5.12. The van der Waals surface area contributed by atoms with Crippen LogP contribution >= 0.6 is 11.6 Å². The first kappa shape index (κ1) is 21.4. The normalized spacial score (nSPS) is 15.3. The van der Waals surface area contributed by atoms with E-state index in [1.54, 1.807) is 21.8 Å². The topological polar surface area (TPSA) is 82.6 Å². The summed E-state index contributed by atoms with van der Waals surface area (Å²) in [6, 6.07) is -0.977. The highest BCUT2D eigenvalue weighted by molar-refractivity contribution is 6.32. The Hall–Kier alpha value is -2.82. The summed E-state index contributed by atoms with van der Waals surface area (Å²) in [5.74, 6) is -0.619. The van der Waals surface area contributed by atoms with E-state index in [0.29, 0.717) is 12.2 Å². The fraction of sp³-hybridized carbons (Fsp3) is 0.474. The Morgan fingerprint density at radius 3 is 2.58 bits per heavy atom. The maximum absolute atomic E-state index is 13.3. The minimum atomic E-state index is -4.69. The fourth-order valence-corrected chi connectivity index (χ4v) is 3.73. The Bertz CT molecular complexity index is 1100. The number of amides is 1. The van der Waals surface area contributed by atoms with E-state index < -0.39 is 28.8 Å². The van der Waals surface area contributed by atoms with E-state index in [-0.39, 0.29) is 11.6 Å². The van der Waals surface area contributed by atoms with Gasteiger partial charge in [0.2, 0.25) is 5.91 Å². The van der Waals surface area contributed by atoms with Crippen LogP contribution in [0.5, 0.6) is 0 Å². The van der Waals surface area contributed by atoms with Crippen LogP contribution in [0.2, 0.25) is 5.02 Å². The van der Waals surface area contributed by atoms with E-state index in [9.17, 15) is 18.0 Å². The van der Waals surface area contributed by atoms with Crippen LogP contribution in [0.15, 0.2) is 24.8 Å². The Morgan fingerprint density at radius 2 is 1.97 bits per heavy atom. The van der Waals surface area contributed by atoms with Gasteiger partial charge in [0.25, 0.3) is 0 Å². The van der Waals surface area contributed by atoms with Crippen molar-refractivity contribution in [2.45, 2.75) is 57.9 Å². The minimum Gasteiger partial charge on any atom is -0.322 e. The molecule has 1 aliphatic carbocycles. The second-order valence-electron chi connectivity index (χ2n) is 7.56. The van der Waals surface area contributed by atoms with Crippen molar-refractivity contribution in [1.29, 1.82) is 0 Å². The van der Waals surface area contributed by atoms with Crippen LogP contribution in [0.1, 0.15) is 55.6 Å². The lowest BCUT2D eigenvalue weighted by Gasteiger charge is -2.15. The molecule has 1 unspecified atom stereocenters. The number of nitrogens with zero attached hydrogens (tertiary/aromatic N) is 6.